The van der Waals surface area contributed by atoms with Crippen molar-refractivity contribution in [1.29, 1.82) is 0 Å². The SMILES string of the molecule is COc1cc(O)c(C=O)c(OCc2cc(C(=O)Nc3cc(C4(OC(=O)NC(C)C)CCCC4)[nH]n3)n(C)n2)c1. The molecule has 39 heavy (non-hydrogen) atoms. The number of hydrogen-bond acceptors (Lipinski definition) is 9. The first kappa shape index (κ1) is 27.5. The third-order valence-corrected chi connectivity index (χ3v) is 6.40. The highest BCUT2D eigenvalue weighted by atomic mass is 16.6. The standard InChI is InChI=1S/C26H32N6O7/c1-15(2)27-25(36)39-26(7-5-6-8-26)22-12-23(30-29-22)28-24(35)19-9-16(31-32(19)3)14-38-21-11-17(37-4)10-20(34)18(21)13-33/h9-13,15,34H,5-8,14H2,1-4H3,(H,27,36)(H2,28,29,30,35). The van der Waals surface area contributed by atoms with Crippen LogP contribution in [0.25, 0.3) is 0 Å². The second kappa shape index (κ2) is 11.5. The number of alkyl carbamates (subject to hydrolysis) is 1. The second-order valence-corrected chi connectivity index (χ2v) is 9.62. The molecule has 4 rings (SSSR count). The van der Waals surface area contributed by atoms with Gasteiger partial charge in [-0.15, -0.1) is 0 Å². The number of carbonyl (C=O) groups excluding carboxylic acids is 3. The van der Waals surface area contributed by atoms with Crippen LogP contribution in [0.1, 0.15) is 71.8 Å². The summed E-state index contributed by atoms with van der Waals surface area (Å²) in [7, 11) is 3.03. The van der Waals surface area contributed by atoms with Gasteiger partial charge in [-0.05, 0) is 45.6 Å². The molecule has 0 spiro atoms. The molecule has 1 fully saturated rings. The maximum Gasteiger partial charge on any atom is 0.408 e. The van der Waals surface area contributed by atoms with Gasteiger partial charge in [-0.3, -0.25) is 19.4 Å². The molecule has 1 aliphatic carbocycles. The van der Waals surface area contributed by atoms with E-state index in [1.54, 1.807) is 19.2 Å². The number of anilines is 1. The number of phenolic OH excluding ortho intramolecular Hbond substituents is 1. The zero-order valence-electron chi connectivity index (χ0n) is 22.2. The first-order chi connectivity index (χ1) is 18.6. The lowest BCUT2D eigenvalue weighted by Crippen LogP contribution is -2.38. The van der Waals surface area contributed by atoms with Crippen molar-refractivity contribution in [2.75, 3.05) is 12.4 Å². The third kappa shape index (κ3) is 6.13. The largest absolute Gasteiger partial charge is 0.507 e. The number of rotatable bonds is 10. The third-order valence-electron chi connectivity index (χ3n) is 6.40. The number of amides is 2. The van der Waals surface area contributed by atoms with Crippen LogP contribution < -0.4 is 20.1 Å². The summed E-state index contributed by atoms with van der Waals surface area (Å²) in [5.74, 6) is -0.0220. The number of phenols is 1. The van der Waals surface area contributed by atoms with Crippen LogP contribution >= 0.6 is 0 Å². The van der Waals surface area contributed by atoms with Crippen LogP contribution in [0.5, 0.6) is 17.2 Å². The number of aryl methyl sites for hydroxylation is 1. The Labute approximate surface area is 224 Å². The van der Waals surface area contributed by atoms with Crippen molar-refractivity contribution in [3.05, 3.63) is 46.9 Å². The molecule has 2 aromatic heterocycles. The Bertz CT molecular complexity index is 1360. The van der Waals surface area contributed by atoms with Crippen LogP contribution in [0.2, 0.25) is 0 Å². The summed E-state index contributed by atoms with van der Waals surface area (Å²) in [6.45, 7) is 3.64. The minimum atomic E-state index is -0.832. The summed E-state index contributed by atoms with van der Waals surface area (Å²) < 4.78 is 18.0. The lowest BCUT2D eigenvalue weighted by Gasteiger charge is -2.28. The van der Waals surface area contributed by atoms with Gasteiger partial charge in [0, 0.05) is 31.3 Å². The predicted molar refractivity (Wildman–Crippen MR) is 139 cm³/mol. The summed E-state index contributed by atoms with van der Waals surface area (Å²) in [6.07, 6.45) is 3.09. The van der Waals surface area contributed by atoms with Gasteiger partial charge >= 0.3 is 6.09 Å². The van der Waals surface area contributed by atoms with Gasteiger partial charge in [0.05, 0.1) is 18.4 Å². The number of benzene rings is 1. The van der Waals surface area contributed by atoms with E-state index < -0.39 is 17.6 Å². The van der Waals surface area contributed by atoms with E-state index in [1.165, 1.54) is 23.9 Å². The van der Waals surface area contributed by atoms with Crippen molar-refractivity contribution in [1.82, 2.24) is 25.3 Å². The summed E-state index contributed by atoms with van der Waals surface area (Å²) in [6, 6.07) is 5.93. The molecule has 3 aromatic rings. The lowest BCUT2D eigenvalue weighted by atomic mass is 9.98. The predicted octanol–water partition coefficient (Wildman–Crippen LogP) is 3.41. The summed E-state index contributed by atoms with van der Waals surface area (Å²) in [5, 5.41) is 26.9. The van der Waals surface area contributed by atoms with Crippen molar-refractivity contribution in [2.45, 2.75) is 57.8 Å². The Kier molecular flexibility index (Phi) is 8.07. The topological polar surface area (TPSA) is 170 Å². The van der Waals surface area contributed by atoms with E-state index in [0.717, 1.165) is 12.8 Å². The maximum atomic E-state index is 13.0. The number of nitrogens with one attached hydrogen (secondary N) is 3. The molecular formula is C26H32N6O7. The number of carbonyl (C=O) groups is 3. The van der Waals surface area contributed by atoms with Crippen molar-refractivity contribution < 1.29 is 33.7 Å². The highest BCUT2D eigenvalue weighted by Gasteiger charge is 2.41. The van der Waals surface area contributed by atoms with E-state index in [2.05, 4.69) is 25.9 Å². The molecule has 0 atom stereocenters. The zero-order valence-corrected chi connectivity index (χ0v) is 22.2. The van der Waals surface area contributed by atoms with Crippen LogP contribution in [0.3, 0.4) is 0 Å². The first-order valence-electron chi connectivity index (χ1n) is 12.5. The second-order valence-electron chi connectivity index (χ2n) is 9.62. The molecule has 208 valence electrons. The Morgan fingerprint density at radius 3 is 2.64 bits per heavy atom. The van der Waals surface area contributed by atoms with Crippen LogP contribution in [0.15, 0.2) is 24.3 Å². The zero-order chi connectivity index (χ0) is 28.2. The normalized spacial score (nSPS) is 14.2. The summed E-state index contributed by atoms with van der Waals surface area (Å²) >= 11 is 0. The van der Waals surface area contributed by atoms with Crippen molar-refractivity contribution in [3.63, 3.8) is 0 Å². The van der Waals surface area contributed by atoms with Crippen molar-refractivity contribution in [3.8, 4) is 17.2 Å². The quantitative estimate of drug-likeness (QED) is 0.281. The number of nitrogens with zero attached hydrogens (tertiary/aromatic N) is 3. The van der Waals surface area contributed by atoms with Crippen LogP contribution in [-0.2, 0) is 24.0 Å². The molecule has 13 nitrogen and oxygen atoms in total. The Morgan fingerprint density at radius 2 is 1.97 bits per heavy atom. The van der Waals surface area contributed by atoms with Crippen LogP contribution in [0.4, 0.5) is 10.6 Å². The van der Waals surface area contributed by atoms with E-state index in [9.17, 15) is 19.5 Å². The maximum absolute atomic E-state index is 13.0. The van der Waals surface area contributed by atoms with Gasteiger partial charge in [0.15, 0.2) is 17.7 Å². The van der Waals surface area contributed by atoms with Gasteiger partial charge in [-0.1, -0.05) is 0 Å². The molecule has 1 saturated carbocycles. The Balaban J connectivity index is 1.44. The number of aromatic nitrogens is 4. The van der Waals surface area contributed by atoms with Gasteiger partial charge < -0.3 is 30.0 Å². The molecular weight excluding hydrogens is 508 g/mol. The number of methoxy groups -OCH3 is 1. The molecule has 0 unspecified atom stereocenters. The molecule has 2 heterocycles. The summed E-state index contributed by atoms with van der Waals surface area (Å²) in [5.41, 5.74) is 0.413. The molecule has 0 radical (unpaired) electrons. The Morgan fingerprint density at radius 1 is 1.23 bits per heavy atom. The number of aldehydes is 1. The fourth-order valence-corrected chi connectivity index (χ4v) is 4.52. The number of aromatic hydroxyl groups is 1. The molecule has 0 aliphatic heterocycles. The smallest absolute Gasteiger partial charge is 0.408 e. The number of aromatic amines is 1. The average molecular weight is 541 g/mol. The van der Waals surface area contributed by atoms with Gasteiger partial charge in [-0.25, -0.2) is 4.79 Å². The first-order valence-corrected chi connectivity index (χ1v) is 12.5. The number of hydrogen-bond donors (Lipinski definition) is 4. The van der Waals surface area contributed by atoms with E-state index in [1.807, 2.05) is 13.8 Å². The van der Waals surface area contributed by atoms with Gasteiger partial charge in [-0.2, -0.15) is 10.2 Å². The van der Waals surface area contributed by atoms with Crippen LogP contribution in [-0.4, -0.2) is 56.5 Å². The van der Waals surface area contributed by atoms with Crippen molar-refractivity contribution >= 4 is 24.1 Å². The van der Waals surface area contributed by atoms with Gasteiger partial charge in [0.25, 0.3) is 5.91 Å². The molecule has 1 aliphatic rings. The van der Waals surface area contributed by atoms with E-state index in [4.69, 9.17) is 14.2 Å². The number of H-pyrrole nitrogens is 1. The van der Waals surface area contributed by atoms with Gasteiger partial charge in [0.1, 0.15) is 35.2 Å². The summed E-state index contributed by atoms with van der Waals surface area (Å²) in [4.78, 5) is 36.7. The Hall–Kier alpha value is -4.55. The molecule has 0 bridgehead atoms. The number of ether oxygens (including phenoxy) is 3. The van der Waals surface area contributed by atoms with Crippen molar-refractivity contribution in [2.24, 2.45) is 7.05 Å². The molecule has 4 N–H and O–H groups in total. The highest BCUT2D eigenvalue weighted by molar-refractivity contribution is 6.02. The minimum Gasteiger partial charge on any atom is -0.507 e. The monoisotopic (exact) mass is 540 g/mol. The lowest BCUT2D eigenvalue weighted by molar-refractivity contribution is 0.00803. The fourth-order valence-electron chi connectivity index (χ4n) is 4.52. The van der Waals surface area contributed by atoms with Gasteiger partial charge in [0.2, 0.25) is 0 Å². The van der Waals surface area contributed by atoms with E-state index in [-0.39, 0.29) is 41.2 Å². The minimum absolute atomic E-state index is 0.0234. The molecule has 0 saturated heterocycles. The van der Waals surface area contributed by atoms with E-state index >= 15 is 0 Å². The molecule has 1 aromatic carbocycles. The average Bonchev–Trinajstić information content (AvgIpc) is 3.62. The molecule has 13 heteroatoms. The molecule has 2 amide bonds. The fraction of sp³-hybridized carbons (Fsp3) is 0.423. The van der Waals surface area contributed by atoms with Crippen LogP contribution in [0, 0.1) is 0 Å². The van der Waals surface area contributed by atoms with E-state index in [0.29, 0.717) is 36.3 Å². The highest BCUT2D eigenvalue weighted by Crippen LogP contribution is 2.42.